The molecule has 7 heteroatoms. The van der Waals surface area contributed by atoms with Crippen LogP contribution >= 0.6 is 0 Å². The van der Waals surface area contributed by atoms with Crippen molar-refractivity contribution in [3.8, 4) is 0 Å². The lowest BCUT2D eigenvalue weighted by Crippen LogP contribution is -2.35. The minimum atomic E-state index is -0.393. The first-order chi connectivity index (χ1) is 10.0. The SMILES string of the molecule is C=C1NC=C(CC(=O)CCCCCCC(=O)NO)C(=O)N1. The van der Waals surface area contributed by atoms with Crippen LogP contribution in [0, 0.1) is 0 Å². The molecular weight excluding hydrogens is 274 g/mol. The van der Waals surface area contributed by atoms with Gasteiger partial charge in [-0.2, -0.15) is 0 Å². The summed E-state index contributed by atoms with van der Waals surface area (Å²) < 4.78 is 0. The number of Topliss-reactive ketones (excluding diaryl/α,β-unsaturated/α-hetero) is 1. The average molecular weight is 295 g/mol. The Morgan fingerprint density at radius 2 is 1.86 bits per heavy atom. The molecule has 0 aromatic heterocycles. The molecule has 1 aliphatic rings. The van der Waals surface area contributed by atoms with Gasteiger partial charge in [0.25, 0.3) is 5.91 Å². The molecule has 0 spiro atoms. The van der Waals surface area contributed by atoms with Crippen molar-refractivity contribution in [3.05, 3.63) is 24.2 Å². The fourth-order valence-electron chi connectivity index (χ4n) is 1.94. The number of hydrogen-bond acceptors (Lipinski definition) is 5. The van der Waals surface area contributed by atoms with Crippen molar-refractivity contribution in [2.45, 2.75) is 44.9 Å². The van der Waals surface area contributed by atoms with Gasteiger partial charge >= 0.3 is 0 Å². The van der Waals surface area contributed by atoms with E-state index in [1.165, 1.54) is 6.20 Å². The minimum absolute atomic E-state index is 0.0128. The van der Waals surface area contributed by atoms with Crippen LogP contribution in [0.5, 0.6) is 0 Å². The molecule has 1 rings (SSSR count). The Morgan fingerprint density at radius 3 is 2.48 bits per heavy atom. The van der Waals surface area contributed by atoms with Crippen LogP contribution in [0.2, 0.25) is 0 Å². The first-order valence-corrected chi connectivity index (χ1v) is 6.93. The Labute approximate surface area is 123 Å². The molecule has 0 atom stereocenters. The highest BCUT2D eigenvalue weighted by atomic mass is 16.5. The molecule has 0 fully saturated rings. The molecule has 0 aliphatic carbocycles. The van der Waals surface area contributed by atoms with Gasteiger partial charge in [0.15, 0.2) is 0 Å². The molecule has 0 aromatic rings. The minimum Gasteiger partial charge on any atom is -0.348 e. The number of amides is 2. The van der Waals surface area contributed by atoms with E-state index in [1.54, 1.807) is 5.48 Å². The van der Waals surface area contributed by atoms with Crippen LogP contribution in [0.1, 0.15) is 44.9 Å². The molecule has 0 bridgehead atoms. The van der Waals surface area contributed by atoms with E-state index in [0.717, 1.165) is 19.3 Å². The molecule has 4 N–H and O–H groups in total. The van der Waals surface area contributed by atoms with Crippen LogP contribution in [0.3, 0.4) is 0 Å². The molecule has 1 heterocycles. The third-order valence-corrected chi connectivity index (χ3v) is 3.10. The van der Waals surface area contributed by atoms with Crippen molar-refractivity contribution in [1.29, 1.82) is 0 Å². The van der Waals surface area contributed by atoms with Gasteiger partial charge in [-0.3, -0.25) is 19.6 Å². The van der Waals surface area contributed by atoms with Crippen LogP contribution in [0.4, 0.5) is 0 Å². The van der Waals surface area contributed by atoms with Gasteiger partial charge in [0.05, 0.1) is 0 Å². The molecule has 7 nitrogen and oxygen atoms in total. The summed E-state index contributed by atoms with van der Waals surface area (Å²) in [5, 5.41) is 13.6. The van der Waals surface area contributed by atoms with E-state index in [2.05, 4.69) is 17.2 Å². The predicted octanol–water partition coefficient (Wildman–Crippen LogP) is 0.866. The van der Waals surface area contributed by atoms with E-state index in [0.29, 0.717) is 24.2 Å². The monoisotopic (exact) mass is 295 g/mol. The van der Waals surface area contributed by atoms with Crippen LogP contribution in [-0.2, 0) is 14.4 Å². The Hall–Kier alpha value is -2.15. The number of ketones is 1. The third-order valence-electron chi connectivity index (χ3n) is 3.10. The maximum atomic E-state index is 11.8. The Balaban J connectivity index is 2.13. The molecule has 0 saturated heterocycles. The molecule has 1 aliphatic heterocycles. The van der Waals surface area contributed by atoms with Crippen molar-refractivity contribution in [2.24, 2.45) is 0 Å². The van der Waals surface area contributed by atoms with Crippen LogP contribution in [0.15, 0.2) is 24.2 Å². The highest BCUT2D eigenvalue weighted by molar-refractivity contribution is 6.00. The molecular formula is C14H21N3O4. The largest absolute Gasteiger partial charge is 0.348 e. The van der Waals surface area contributed by atoms with Gasteiger partial charge in [-0.25, -0.2) is 5.48 Å². The molecule has 2 amide bonds. The first kappa shape index (κ1) is 16.9. The zero-order valence-electron chi connectivity index (χ0n) is 11.9. The smallest absolute Gasteiger partial charge is 0.254 e. The molecule has 116 valence electrons. The second-order valence-electron chi connectivity index (χ2n) is 4.91. The first-order valence-electron chi connectivity index (χ1n) is 6.93. The Bertz CT molecular complexity index is 457. The van der Waals surface area contributed by atoms with E-state index in [1.807, 2.05) is 0 Å². The fraction of sp³-hybridized carbons (Fsp3) is 0.500. The van der Waals surface area contributed by atoms with Crippen molar-refractivity contribution in [2.75, 3.05) is 0 Å². The van der Waals surface area contributed by atoms with Gasteiger partial charge in [0.2, 0.25) is 5.91 Å². The number of unbranched alkanes of at least 4 members (excludes halogenated alkanes) is 3. The lowest BCUT2D eigenvalue weighted by molar-refractivity contribution is -0.129. The topological polar surface area (TPSA) is 108 Å². The summed E-state index contributed by atoms with van der Waals surface area (Å²) in [4.78, 5) is 34.1. The summed E-state index contributed by atoms with van der Waals surface area (Å²) in [5.41, 5.74) is 1.99. The summed E-state index contributed by atoms with van der Waals surface area (Å²) in [7, 11) is 0. The molecule has 0 unspecified atom stereocenters. The zero-order chi connectivity index (χ0) is 15.7. The maximum Gasteiger partial charge on any atom is 0.254 e. The number of hydrogen-bond donors (Lipinski definition) is 4. The number of rotatable bonds is 9. The zero-order valence-corrected chi connectivity index (χ0v) is 11.9. The van der Waals surface area contributed by atoms with E-state index >= 15 is 0 Å². The summed E-state index contributed by atoms with van der Waals surface area (Å²) in [6.07, 6.45) is 5.39. The lowest BCUT2D eigenvalue weighted by atomic mass is 10.0. The summed E-state index contributed by atoms with van der Waals surface area (Å²) in [6.45, 7) is 3.56. The molecule has 0 saturated carbocycles. The highest BCUT2D eigenvalue weighted by Crippen LogP contribution is 2.11. The second-order valence-corrected chi connectivity index (χ2v) is 4.91. The van der Waals surface area contributed by atoms with E-state index in [4.69, 9.17) is 5.21 Å². The summed E-state index contributed by atoms with van der Waals surface area (Å²) in [5.74, 6) is -0.264. The standard InChI is InChI=1S/C14H21N3O4/c1-10-15-9-11(14(20)16-10)8-12(18)6-4-2-3-5-7-13(19)17-21/h9,15,21H,1-8H2,(H,16,20)(H,17,19). The van der Waals surface area contributed by atoms with Gasteiger partial charge < -0.3 is 10.6 Å². The van der Waals surface area contributed by atoms with Gasteiger partial charge in [-0.05, 0) is 12.8 Å². The maximum absolute atomic E-state index is 11.8. The number of carbonyl (C=O) groups excluding carboxylic acids is 3. The number of carbonyl (C=O) groups is 3. The van der Waals surface area contributed by atoms with Crippen molar-refractivity contribution >= 4 is 17.6 Å². The predicted molar refractivity (Wildman–Crippen MR) is 75.8 cm³/mol. The Kier molecular flexibility index (Phi) is 7.17. The van der Waals surface area contributed by atoms with Crippen LogP contribution in [-0.4, -0.2) is 22.8 Å². The van der Waals surface area contributed by atoms with E-state index in [-0.39, 0.29) is 24.5 Å². The number of nitrogens with one attached hydrogen (secondary N) is 3. The number of hydroxylamine groups is 1. The second kappa shape index (κ2) is 8.91. The molecule has 0 aromatic carbocycles. The van der Waals surface area contributed by atoms with Gasteiger partial charge in [0.1, 0.15) is 11.6 Å². The van der Waals surface area contributed by atoms with Crippen LogP contribution < -0.4 is 16.1 Å². The third kappa shape index (κ3) is 6.71. The lowest BCUT2D eigenvalue weighted by Gasteiger charge is -2.16. The van der Waals surface area contributed by atoms with Crippen LogP contribution in [0.25, 0.3) is 0 Å². The van der Waals surface area contributed by atoms with Gasteiger partial charge in [-0.15, -0.1) is 0 Å². The van der Waals surface area contributed by atoms with Crippen molar-refractivity contribution in [3.63, 3.8) is 0 Å². The fourth-order valence-corrected chi connectivity index (χ4v) is 1.94. The summed E-state index contributed by atoms with van der Waals surface area (Å²) in [6, 6.07) is 0. The van der Waals surface area contributed by atoms with Crippen molar-refractivity contribution in [1.82, 2.24) is 16.1 Å². The average Bonchev–Trinajstić information content (AvgIpc) is 2.45. The normalized spacial score (nSPS) is 14.0. The quantitative estimate of drug-likeness (QED) is 0.287. The highest BCUT2D eigenvalue weighted by Gasteiger charge is 2.17. The van der Waals surface area contributed by atoms with E-state index < -0.39 is 5.91 Å². The molecule has 0 radical (unpaired) electrons. The van der Waals surface area contributed by atoms with Gasteiger partial charge in [-0.1, -0.05) is 19.4 Å². The van der Waals surface area contributed by atoms with Crippen molar-refractivity contribution < 1.29 is 19.6 Å². The van der Waals surface area contributed by atoms with E-state index in [9.17, 15) is 14.4 Å². The Morgan fingerprint density at radius 1 is 1.19 bits per heavy atom. The summed E-state index contributed by atoms with van der Waals surface area (Å²) >= 11 is 0. The van der Waals surface area contributed by atoms with Gasteiger partial charge in [0, 0.05) is 31.0 Å². The molecule has 21 heavy (non-hydrogen) atoms.